The fourth-order valence-corrected chi connectivity index (χ4v) is 2.88. The molecule has 7 nitrogen and oxygen atoms in total. The van der Waals surface area contributed by atoms with Crippen LogP contribution in [0.5, 0.6) is 0 Å². The van der Waals surface area contributed by atoms with E-state index in [0.717, 1.165) is 10.6 Å². The summed E-state index contributed by atoms with van der Waals surface area (Å²) in [6, 6.07) is 8.95. The summed E-state index contributed by atoms with van der Waals surface area (Å²) in [6.07, 6.45) is 2.15. The van der Waals surface area contributed by atoms with Crippen molar-refractivity contribution in [2.45, 2.75) is 13.3 Å². The van der Waals surface area contributed by atoms with Crippen molar-refractivity contribution in [3.8, 4) is 10.6 Å². The molecule has 0 spiro atoms. The molecule has 3 aromatic heterocycles. The highest BCUT2D eigenvalue weighted by Gasteiger charge is 2.13. The Balaban J connectivity index is 1.39. The lowest BCUT2D eigenvalue weighted by atomic mass is 10.2. The maximum atomic E-state index is 12.1. The first-order valence-electron chi connectivity index (χ1n) is 8.13. The quantitative estimate of drug-likeness (QED) is 0.623. The summed E-state index contributed by atoms with van der Waals surface area (Å²) in [5, 5.41) is 11.3. The Morgan fingerprint density at radius 2 is 1.96 bits per heavy atom. The Bertz CT molecular complexity index is 872. The van der Waals surface area contributed by atoms with Gasteiger partial charge >= 0.3 is 0 Å². The zero-order chi connectivity index (χ0) is 18.4. The standard InChI is InChI=1S/C18H18N4O3S/c1-12-5-6-13(11-21-12)17(23)19-7-3-8-20-18(24)14-10-15(25-22-14)16-4-2-9-26-16/h2,4-6,9-11H,3,7-8H2,1H3,(H,19,23)(H,20,24). The average Bonchev–Trinajstić information content (AvgIpc) is 3.33. The summed E-state index contributed by atoms with van der Waals surface area (Å²) in [4.78, 5) is 29.0. The lowest BCUT2D eigenvalue weighted by Gasteiger charge is -2.06. The minimum Gasteiger partial charge on any atom is -0.355 e. The van der Waals surface area contributed by atoms with Gasteiger partial charge in [0, 0.05) is 31.0 Å². The molecular weight excluding hydrogens is 352 g/mol. The number of amides is 2. The lowest BCUT2D eigenvalue weighted by Crippen LogP contribution is -2.30. The van der Waals surface area contributed by atoms with Crippen molar-refractivity contribution in [1.82, 2.24) is 20.8 Å². The number of rotatable bonds is 7. The van der Waals surface area contributed by atoms with Gasteiger partial charge in [0.15, 0.2) is 11.5 Å². The number of carbonyl (C=O) groups excluding carboxylic acids is 2. The van der Waals surface area contributed by atoms with Crippen molar-refractivity contribution in [2.75, 3.05) is 13.1 Å². The number of nitrogens with one attached hydrogen (secondary N) is 2. The molecule has 3 heterocycles. The summed E-state index contributed by atoms with van der Waals surface area (Å²) >= 11 is 1.52. The molecule has 0 aliphatic heterocycles. The minimum atomic E-state index is -0.300. The van der Waals surface area contributed by atoms with Crippen LogP contribution >= 0.6 is 11.3 Å². The smallest absolute Gasteiger partial charge is 0.273 e. The molecule has 134 valence electrons. The van der Waals surface area contributed by atoms with Crippen LogP contribution in [-0.2, 0) is 0 Å². The highest BCUT2D eigenvalue weighted by Crippen LogP contribution is 2.24. The van der Waals surface area contributed by atoms with Crippen LogP contribution in [0.1, 0.15) is 33.0 Å². The number of aryl methyl sites for hydroxylation is 1. The third kappa shape index (κ3) is 4.54. The molecule has 3 rings (SSSR count). The second kappa shape index (κ2) is 8.39. The van der Waals surface area contributed by atoms with Crippen LogP contribution in [0.25, 0.3) is 10.6 Å². The van der Waals surface area contributed by atoms with E-state index in [2.05, 4.69) is 20.8 Å². The van der Waals surface area contributed by atoms with Crippen LogP contribution in [0.4, 0.5) is 0 Å². The molecule has 0 aliphatic carbocycles. The van der Waals surface area contributed by atoms with E-state index in [9.17, 15) is 9.59 Å². The number of aromatic nitrogens is 2. The van der Waals surface area contributed by atoms with E-state index in [1.54, 1.807) is 24.4 Å². The van der Waals surface area contributed by atoms with Gasteiger partial charge < -0.3 is 15.2 Å². The van der Waals surface area contributed by atoms with Gasteiger partial charge in [-0.15, -0.1) is 11.3 Å². The molecule has 0 bridgehead atoms. The largest absolute Gasteiger partial charge is 0.355 e. The monoisotopic (exact) mass is 370 g/mol. The molecule has 0 fully saturated rings. The van der Waals surface area contributed by atoms with E-state index in [-0.39, 0.29) is 17.5 Å². The van der Waals surface area contributed by atoms with E-state index in [1.807, 2.05) is 24.4 Å². The topological polar surface area (TPSA) is 97.1 Å². The van der Waals surface area contributed by atoms with Gasteiger partial charge in [-0.1, -0.05) is 11.2 Å². The second-order valence-electron chi connectivity index (χ2n) is 5.61. The van der Waals surface area contributed by atoms with Crippen molar-refractivity contribution in [2.24, 2.45) is 0 Å². The summed E-state index contributed by atoms with van der Waals surface area (Å²) < 4.78 is 5.18. The predicted molar refractivity (Wildman–Crippen MR) is 98.1 cm³/mol. The predicted octanol–water partition coefficient (Wildman–Crippen LogP) is 2.66. The molecule has 26 heavy (non-hydrogen) atoms. The highest BCUT2D eigenvalue weighted by molar-refractivity contribution is 7.13. The van der Waals surface area contributed by atoms with Gasteiger partial charge in [-0.25, -0.2) is 0 Å². The summed E-state index contributed by atoms with van der Waals surface area (Å²) in [6.45, 7) is 2.74. The number of hydrogen-bond donors (Lipinski definition) is 2. The van der Waals surface area contributed by atoms with E-state index >= 15 is 0 Å². The van der Waals surface area contributed by atoms with Crippen LogP contribution in [0.2, 0.25) is 0 Å². The third-order valence-corrected chi connectivity index (χ3v) is 4.49. The average molecular weight is 370 g/mol. The molecule has 2 amide bonds. The fourth-order valence-electron chi connectivity index (χ4n) is 2.20. The van der Waals surface area contributed by atoms with Gasteiger partial charge in [-0.2, -0.15) is 0 Å². The molecule has 0 radical (unpaired) electrons. The van der Waals surface area contributed by atoms with Crippen LogP contribution in [0.3, 0.4) is 0 Å². The first kappa shape index (κ1) is 17.8. The zero-order valence-corrected chi connectivity index (χ0v) is 15.0. The number of nitrogens with zero attached hydrogens (tertiary/aromatic N) is 2. The normalized spacial score (nSPS) is 10.5. The molecule has 0 unspecified atom stereocenters. The van der Waals surface area contributed by atoms with Crippen molar-refractivity contribution in [1.29, 1.82) is 0 Å². The number of carbonyl (C=O) groups is 2. The Labute approximate surface area is 154 Å². The van der Waals surface area contributed by atoms with Gasteiger partial charge in [-0.3, -0.25) is 14.6 Å². The van der Waals surface area contributed by atoms with Crippen molar-refractivity contribution in [3.63, 3.8) is 0 Å². The maximum absolute atomic E-state index is 12.1. The van der Waals surface area contributed by atoms with Gasteiger partial charge in [-0.05, 0) is 36.9 Å². The van der Waals surface area contributed by atoms with Gasteiger partial charge in [0.05, 0.1) is 10.4 Å². The van der Waals surface area contributed by atoms with Gasteiger partial charge in [0.2, 0.25) is 0 Å². The Kier molecular flexibility index (Phi) is 5.75. The fraction of sp³-hybridized carbons (Fsp3) is 0.222. The van der Waals surface area contributed by atoms with Crippen LogP contribution in [0.15, 0.2) is 46.4 Å². The third-order valence-electron chi connectivity index (χ3n) is 3.61. The van der Waals surface area contributed by atoms with E-state index in [0.29, 0.717) is 30.8 Å². The Hall–Kier alpha value is -3.00. The molecule has 0 aromatic carbocycles. The molecule has 0 aliphatic rings. The van der Waals surface area contributed by atoms with Crippen LogP contribution < -0.4 is 10.6 Å². The Morgan fingerprint density at radius 3 is 2.65 bits per heavy atom. The minimum absolute atomic E-state index is 0.180. The van der Waals surface area contributed by atoms with Gasteiger partial charge in [0.1, 0.15) is 0 Å². The number of hydrogen-bond acceptors (Lipinski definition) is 6. The van der Waals surface area contributed by atoms with E-state index < -0.39 is 0 Å². The molecule has 0 saturated heterocycles. The maximum Gasteiger partial charge on any atom is 0.273 e. The molecule has 2 N–H and O–H groups in total. The summed E-state index contributed by atoms with van der Waals surface area (Å²) in [5.74, 6) is 0.0932. The molecule has 8 heteroatoms. The summed E-state index contributed by atoms with van der Waals surface area (Å²) in [7, 11) is 0. The molecular formula is C18H18N4O3S. The first-order valence-corrected chi connectivity index (χ1v) is 9.01. The van der Waals surface area contributed by atoms with Crippen molar-refractivity contribution in [3.05, 3.63) is 58.9 Å². The lowest BCUT2D eigenvalue weighted by molar-refractivity contribution is 0.0944. The molecule has 0 saturated carbocycles. The van der Waals surface area contributed by atoms with E-state index in [1.165, 1.54) is 11.3 Å². The highest BCUT2D eigenvalue weighted by atomic mass is 32.1. The molecule has 3 aromatic rings. The van der Waals surface area contributed by atoms with Crippen LogP contribution in [-0.4, -0.2) is 35.0 Å². The van der Waals surface area contributed by atoms with E-state index in [4.69, 9.17) is 4.52 Å². The van der Waals surface area contributed by atoms with Crippen LogP contribution in [0, 0.1) is 6.92 Å². The number of thiophene rings is 1. The summed E-state index contributed by atoms with van der Waals surface area (Å²) in [5.41, 5.74) is 1.62. The number of pyridine rings is 1. The van der Waals surface area contributed by atoms with Gasteiger partial charge in [0.25, 0.3) is 11.8 Å². The van der Waals surface area contributed by atoms with Crippen molar-refractivity contribution >= 4 is 23.2 Å². The zero-order valence-electron chi connectivity index (χ0n) is 14.2. The van der Waals surface area contributed by atoms with Crippen molar-refractivity contribution < 1.29 is 14.1 Å². The molecule has 0 atom stereocenters. The second-order valence-corrected chi connectivity index (χ2v) is 6.56. The Morgan fingerprint density at radius 1 is 1.15 bits per heavy atom. The SMILES string of the molecule is Cc1ccc(C(=O)NCCCNC(=O)c2cc(-c3cccs3)on2)cn1. The first-order chi connectivity index (χ1) is 12.6.